The van der Waals surface area contributed by atoms with Gasteiger partial charge in [-0.05, 0) is 42.7 Å². The Morgan fingerprint density at radius 3 is 2.94 bits per heavy atom. The van der Waals surface area contributed by atoms with Crippen molar-refractivity contribution < 1.29 is 0 Å². The van der Waals surface area contributed by atoms with Crippen molar-refractivity contribution in [3.05, 3.63) is 54.0 Å². The number of pyridine rings is 2. The molecule has 0 amide bonds. The highest BCUT2D eigenvalue weighted by Gasteiger charge is 1.94. The molecule has 0 atom stereocenters. The molecule has 3 nitrogen and oxygen atoms in total. The number of nitrogens with one attached hydrogen (secondary N) is 1. The Balaban J connectivity index is 1.85. The topological polar surface area (TPSA) is 37.8 Å². The molecule has 2 aromatic rings. The fourth-order valence-electron chi connectivity index (χ4n) is 1.51. The molecule has 16 heavy (non-hydrogen) atoms. The third-order valence-corrected chi connectivity index (χ3v) is 2.36. The molecule has 2 heterocycles. The van der Waals surface area contributed by atoms with Gasteiger partial charge in [0.1, 0.15) is 5.82 Å². The Hall–Kier alpha value is -1.90. The molecule has 0 spiro atoms. The van der Waals surface area contributed by atoms with E-state index in [-0.39, 0.29) is 0 Å². The van der Waals surface area contributed by atoms with E-state index >= 15 is 0 Å². The van der Waals surface area contributed by atoms with Crippen molar-refractivity contribution in [2.45, 2.75) is 13.3 Å². The maximum Gasteiger partial charge on any atom is 0.126 e. The third-order valence-electron chi connectivity index (χ3n) is 2.36. The molecule has 0 aromatic carbocycles. The number of aromatic nitrogens is 2. The summed E-state index contributed by atoms with van der Waals surface area (Å²) in [5.41, 5.74) is 2.46. The minimum atomic E-state index is 0.877. The Labute approximate surface area is 95.6 Å². The molecular weight excluding hydrogens is 198 g/mol. The zero-order valence-electron chi connectivity index (χ0n) is 9.35. The first-order chi connectivity index (χ1) is 7.84. The lowest BCUT2D eigenvalue weighted by molar-refractivity contribution is 0.993. The SMILES string of the molecule is Cc1ccnc(NCCc2cccnc2)c1. The van der Waals surface area contributed by atoms with Crippen molar-refractivity contribution in [3.8, 4) is 0 Å². The fourth-order valence-corrected chi connectivity index (χ4v) is 1.51. The van der Waals surface area contributed by atoms with Gasteiger partial charge in [0.25, 0.3) is 0 Å². The molecule has 0 aliphatic carbocycles. The van der Waals surface area contributed by atoms with Crippen molar-refractivity contribution in [1.29, 1.82) is 0 Å². The number of aryl methyl sites for hydroxylation is 1. The third kappa shape index (κ3) is 3.05. The van der Waals surface area contributed by atoms with Crippen LogP contribution < -0.4 is 5.32 Å². The van der Waals surface area contributed by atoms with Gasteiger partial charge in [0, 0.05) is 25.1 Å². The predicted octanol–water partition coefficient (Wildman–Crippen LogP) is 2.44. The zero-order valence-corrected chi connectivity index (χ0v) is 9.35. The van der Waals surface area contributed by atoms with Crippen LogP contribution in [0.15, 0.2) is 42.9 Å². The molecule has 1 N–H and O–H groups in total. The van der Waals surface area contributed by atoms with E-state index in [9.17, 15) is 0 Å². The van der Waals surface area contributed by atoms with Crippen LogP contribution in [0.25, 0.3) is 0 Å². The molecule has 0 unspecified atom stereocenters. The second-order valence-electron chi connectivity index (χ2n) is 3.76. The molecule has 0 aliphatic heterocycles. The molecule has 0 saturated carbocycles. The normalized spacial score (nSPS) is 10.1. The van der Waals surface area contributed by atoms with Gasteiger partial charge in [-0.3, -0.25) is 4.98 Å². The smallest absolute Gasteiger partial charge is 0.126 e. The van der Waals surface area contributed by atoms with Gasteiger partial charge in [0.05, 0.1) is 0 Å². The zero-order chi connectivity index (χ0) is 11.2. The van der Waals surface area contributed by atoms with E-state index in [0.29, 0.717) is 0 Å². The highest BCUT2D eigenvalue weighted by molar-refractivity contribution is 5.37. The summed E-state index contributed by atoms with van der Waals surface area (Å²) in [6.07, 6.45) is 6.47. The van der Waals surface area contributed by atoms with Crippen LogP contribution in [0.3, 0.4) is 0 Å². The van der Waals surface area contributed by atoms with E-state index in [4.69, 9.17) is 0 Å². The van der Waals surface area contributed by atoms with Gasteiger partial charge in [-0.1, -0.05) is 6.07 Å². The molecule has 82 valence electrons. The molecule has 0 radical (unpaired) electrons. The van der Waals surface area contributed by atoms with Gasteiger partial charge in [-0.2, -0.15) is 0 Å². The Morgan fingerprint density at radius 2 is 2.19 bits per heavy atom. The van der Waals surface area contributed by atoms with Gasteiger partial charge < -0.3 is 5.32 Å². The van der Waals surface area contributed by atoms with Gasteiger partial charge in [0.2, 0.25) is 0 Å². The summed E-state index contributed by atoms with van der Waals surface area (Å²) in [6.45, 7) is 2.94. The van der Waals surface area contributed by atoms with E-state index in [1.54, 1.807) is 6.20 Å². The maximum atomic E-state index is 4.24. The molecule has 0 bridgehead atoms. The van der Waals surface area contributed by atoms with Crippen molar-refractivity contribution in [2.24, 2.45) is 0 Å². The number of hydrogen-bond acceptors (Lipinski definition) is 3. The summed E-state index contributed by atoms with van der Waals surface area (Å²) in [6, 6.07) is 8.08. The van der Waals surface area contributed by atoms with Crippen LogP contribution >= 0.6 is 0 Å². The summed E-state index contributed by atoms with van der Waals surface area (Å²) in [5, 5.41) is 3.30. The lowest BCUT2D eigenvalue weighted by atomic mass is 10.2. The number of rotatable bonds is 4. The van der Waals surface area contributed by atoms with E-state index in [1.807, 2.05) is 30.6 Å². The number of hydrogen-bond donors (Lipinski definition) is 1. The van der Waals surface area contributed by atoms with Crippen LogP contribution in [0.5, 0.6) is 0 Å². The average Bonchev–Trinajstić information content (AvgIpc) is 2.30. The summed E-state index contributed by atoms with van der Waals surface area (Å²) in [5.74, 6) is 0.934. The van der Waals surface area contributed by atoms with E-state index in [0.717, 1.165) is 18.8 Å². The maximum absolute atomic E-state index is 4.24. The molecule has 2 aromatic heterocycles. The summed E-state index contributed by atoms with van der Waals surface area (Å²) in [7, 11) is 0. The molecule has 3 heteroatoms. The Morgan fingerprint density at radius 1 is 1.25 bits per heavy atom. The highest BCUT2D eigenvalue weighted by atomic mass is 15.0. The minimum Gasteiger partial charge on any atom is -0.370 e. The fraction of sp³-hybridized carbons (Fsp3) is 0.231. The van der Waals surface area contributed by atoms with Crippen molar-refractivity contribution >= 4 is 5.82 Å². The molecule has 0 saturated heterocycles. The summed E-state index contributed by atoms with van der Waals surface area (Å²) >= 11 is 0. The monoisotopic (exact) mass is 213 g/mol. The molecular formula is C13H15N3. The van der Waals surface area contributed by atoms with Crippen LogP contribution in [-0.2, 0) is 6.42 Å². The summed E-state index contributed by atoms with van der Waals surface area (Å²) in [4.78, 5) is 8.33. The number of anilines is 1. The first kappa shape index (κ1) is 10.6. The number of nitrogens with zero attached hydrogens (tertiary/aromatic N) is 2. The lowest BCUT2D eigenvalue weighted by Crippen LogP contribution is -2.06. The van der Waals surface area contributed by atoms with Gasteiger partial charge in [-0.15, -0.1) is 0 Å². The van der Waals surface area contributed by atoms with Crippen LogP contribution in [0.2, 0.25) is 0 Å². The predicted molar refractivity (Wildman–Crippen MR) is 65.4 cm³/mol. The lowest BCUT2D eigenvalue weighted by Gasteiger charge is -2.05. The van der Waals surface area contributed by atoms with Crippen LogP contribution in [0.4, 0.5) is 5.82 Å². The van der Waals surface area contributed by atoms with Crippen molar-refractivity contribution in [1.82, 2.24) is 9.97 Å². The second-order valence-corrected chi connectivity index (χ2v) is 3.76. The van der Waals surface area contributed by atoms with Crippen LogP contribution in [-0.4, -0.2) is 16.5 Å². The van der Waals surface area contributed by atoms with E-state index in [2.05, 4.69) is 28.3 Å². The quantitative estimate of drug-likeness (QED) is 0.847. The van der Waals surface area contributed by atoms with Crippen LogP contribution in [0.1, 0.15) is 11.1 Å². The first-order valence-electron chi connectivity index (χ1n) is 5.40. The molecule has 0 fully saturated rings. The van der Waals surface area contributed by atoms with Gasteiger partial charge >= 0.3 is 0 Å². The standard InChI is InChI=1S/C13H15N3/c1-11-4-7-15-13(9-11)16-8-5-12-3-2-6-14-10-12/h2-4,6-7,9-10H,5,8H2,1H3,(H,15,16). The second kappa shape index (κ2) is 5.26. The van der Waals surface area contributed by atoms with E-state index < -0.39 is 0 Å². The highest BCUT2D eigenvalue weighted by Crippen LogP contribution is 2.05. The van der Waals surface area contributed by atoms with E-state index in [1.165, 1.54) is 11.1 Å². The Kier molecular flexibility index (Phi) is 3.49. The Bertz CT molecular complexity index is 440. The molecule has 2 rings (SSSR count). The van der Waals surface area contributed by atoms with Crippen molar-refractivity contribution in [3.63, 3.8) is 0 Å². The van der Waals surface area contributed by atoms with Crippen molar-refractivity contribution in [2.75, 3.05) is 11.9 Å². The van der Waals surface area contributed by atoms with Gasteiger partial charge in [0.15, 0.2) is 0 Å². The summed E-state index contributed by atoms with van der Waals surface area (Å²) < 4.78 is 0. The largest absolute Gasteiger partial charge is 0.370 e. The molecule has 0 aliphatic rings. The first-order valence-corrected chi connectivity index (χ1v) is 5.40. The van der Waals surface area contributed by atoms with Crippen LogP contribution in [0, 0.1) is 6.92 Å². The average molecular weight is 213 g/mol. The minimum absolute atomic E-state index is 0.877. The van der Waals surface area contributed by atoms with Gasteiger partial charge in [-0.25, -0.2) is 4.98 Å².